The van der Waals surface area contributed by atoms with E-state index in [1.54, 1.807) is 11.7 Å². The number of nitro groups is 1. The molecule has 1 amide bonds. The van der Waals surface area contributed by atoms with E-state index < -0.39 is 10.8 Å². The lowest BCUT2D eigenvalue weighted by molar-refractivity contribution is -0.385. The zero-order chi connectivity index (χ0) is 17.5. The summed E-state index contributed by atoms with van der Waals surface area (Å²) in [4.78, 5) is 24.8. The van der Waals surface area contributed by atoms with E-state index in [0.717, 1.165) is 17.0 Å². The summed E-state index contributed by atoms with van der Waals surface area (Å²) in [6.45, 7) is 5.64. The molecule has 0 unspecified atom stereocenters. The van der Waals surface area contributed by atoms with Gasteiger partial charge in [0.25, 0.3) is 5.91 Å². The van der Waals surface area contributed by atoms with Gasteiger partial charge in [0.05, 0.1) is 10.6 Å². The fourth-order valence-corrected chi connectivity index (χ4v) is 2.64. The highest BCUT2D eigenvalue weighted by molar-refractivity contribution is 5.96. The van der Waals surface area contributed by atoms with Crippen LogP contribution in [0.5, 0.6) is 0 Å². The molecule has 9 nitrogen and oxygen atoms in total. The van der Waals surface area contributed by atoms with Crippen LogP contribution < -0.4 is 0 Å². The lowest BCUT2D eigenvalue weighted by atomic mass is 10.2. The number of hydrogen-bond donors (Lipinski definition) is 0. The van der Waals surface area contributed by atoms with Crippen molar-refractivity contribution in [2.45, 2.75) is 27.3 Å². The van der Waals surface area contributed by atoms with Crippen LogP contribution in [0.3, 0.4) is 0 Å². The van der Waals surface area contributed by atoms with Crippen molar-refractivity contribution in [3.05, 3.63) is 38.5 Å². The summed E-state index contributed by atoms with van der Waals surface area (Å²) >= 11 is 0. The Morgan fingerprint density at radius 3 is 2.22 bits per heavy atom. The van der Waals surface area contributed by atoms with E-state index in [2.05, 4.69) is 10.2 Å². The molecule has 2 aromatic rings. The predicted molar refractivity (Wildman–Crippen MR) is 83.1 cm³/mol. The molecule has 0 aliphatic carbocycles. The molecule has 23 heavy (non-hydrogen) atoms. The van der Waals surface area contributed by atoms with E-state index in [4.69, 9.17) is 0 Å². The average molecular weight is 320 g/mol. The minimum absolute atomic E-state index is 0.0193. The maximum atomic E-state index is 12.7. The molecule has 2 heterocycles. The van der Waals surface area contributed by atoms with E-state index in [0.29, 0.717) is 6.54 Å². The lowest BCUT2D eigenvalue weighted by Gasteiger charge is -2.17. The van der Waals surface area contributed by atoms with Gasteiger partial charge in [-0.1, -0.05) is 0 Å². The molecule has 124 valence electrons. The zero-order valence-electron chi connectivity index (χ0n) is 14.1. The average Bonchev–Trinajstić information content (AvgIpc) is 2.88. The van der Waals surface area contributed by atoms with Gasteiger partial charge >= 0.3 is 5.69 Å². The zero-order valence-corrected chi connectivity index (χ0v) is 14.1. The summed E-state index contributed by atoms with van der Waals surface area (Å²) < 4.78 is 3.01. The molecule has 2 aromatic heterocycles. The number of aryl methyl sites for hydroxylation is 4. The minimum Gasteiger partial charge on any atom is -0.336 e. The molecule has 0 atom stereocenters. The van der Waals surface area contributed by atoms with Crippen molar-refractivity contribution < 1.29 is 9.72 Å². The number of aromatic nitrogens is 4. The van der Waals surface area contributed by atoms with Crippen LogP contribution in [0.2, 0.25) is 0 Å². The summed E-state index contributed by atoms with van der Waals surface area (Å²) in [7, 11) is 4.98. The van der Waals surface area contributed by atoms with Crippen molar-refractivity contribution >= 4 is 11.6 Å². The Bertz CT molecular complexity index is 789. The summed E-state index contributed by atoms with van der Waals surface area (Å²) in [6.07, 6.45) is 0. The number of carbonyl (C=O) groups excluding carboxylic acids is 1. The molecule has 0 fully saturated rings. The van der Waals surface area contributed by atoms with Gasteiger partial charge in [-0.15, -0.1) is 0 Å². The van der Waals surface area contributed by atoms with Crippen LogP contribution in [-0.2, 0) is 20.6 Å². The SMILES string of the molecule is Cc1nn(C)c(C)c1CN(C)C(=O)c1c([N+](=O)[O-])c(C)nn1C. The Labute approximate surface area is 133 Å². The van der Waals surface area contributed by atoms with Gasteiger partial charge < -0.3 is 4.90 Å². The van der Waals surface area contributed by atoms with E-state index >= 15 is 0 Å². The number of amides is 1. The van der Waals surface area contributed by atoms with E-state index in [9.17, 15) is 14.9 Å². The van der Waals surface area contributed by atoms with Crippen LogP contribution in [0.15, 0.2) is 0 Å². The Kier molecular flexibility index (Phi) is 4.22. The highest BCUT2D eigenvalue weighted by Gasteiger charge is 2.31. The number of hydrogen-bond acceptors (Lipinski definition) is 5. The highest BCUT2D eigenvalue weighted by atomic mass is 16.6. The van der Waals surface area contributed by atoms with Crippen molar-refractivity contribution in [1.82, 2.24) is 24.5 Å². The van der Waals surface area contributed by atoms with Gasteiger partial charge in [-0.2, -0.15) is 10.2 Å². The van der Waals surface area contributed by atoms with E-state index in [-0.39, 0.29) is 17.1 Å². The standard InChI is InChI=1S/C14H20N6O3/c1-8-11(10(3)18(5)15-8)7-17(4)14(21)13-12(20(22)23)9(2)16-19(13)6/h7H2,1-6H3. The second kappa shape index (κ2) is 5.82. The Morgan fingerprint density at radius 2 is 1.74 bits per heavy atom. The van der Waals surface area contributed by atoms with Gasteiger partial charge in [-0.25, -0.2) is 0 Å². The molecule has 0 spiro atoms. The van der Waals surface area contributed by atoms with Gasteiger partial charge in [-0.3, -0.25) is 24.3 Å². The van der Waals surface area contributed by atoms with E-state index in [1.165, 1.54) is 23.6 Å². The van der Waals surface area contributed by atoms with Gasteiger partial charge in [0.1, 0.15) is 5.69 Å². The lowest BCUT2D eigenvalue weighted by Crippen LogP contribution is -2.29. The molecule has 2 rings (SSSR count). The fourth-order valence-electron chi connectivity index (χ4n) is 2.64. The first-order valence-corrected chi connectivity index (χ1v) is 7.07. The Morgan fingerprint density at radius 1 is 1.17 bits per heavy atom. The van der Waals surface area contributed by atoms with Crippen molar-refractivity contribution in [2.24, 2.45) is 14.1 Å². The minimum atomic E-state index is -0.565. The van der Waals surface area contributed by atoms with Crippen molar-refractivity contribution in [3.8, 4) is 0 Å². The fraction of sp³-hybridized carbons (Fsp3) is 0.500. The predicted octanol–water partition coefficient (Wildman–Crippen LogP) is 1.26. The van der Waals surface area contributed by atoms with Crippen LogP contribution in [0.1, 0.15) is 33.1 Å². The largest absolute Gasteiger partial charge is 0.336 e. The first kappa shape index (κ1) is 16.7. The molecule has 9 heteroatoms. The summed E-state index contributed by atoms with van der Waals surface area (Å²) in [5, 5.41) is 19.5. The van der Waals surface area contributed by atoms with Crippen molar-refractivity contribution in [1.29, 1.82) is 0 Å². The first-order valence-electron chi connectivity index (χ1n) is 7.07. The molecule has 0 aliphatic rings. The molecule has 0 radical (unpaired) electrons. The maximum absolute atomic E-state index is 12.7. The van der Waals surface area contributed by atoms with Crippen LogP contribution in [0.25, 0.3) is 0 Å². The van der Waals surface area contributed by atoms with Crippen molar-refractivity contribution in [3.63, 3.8) is 0 Å². The summed E-state index contributed by atoms with van der Waals surface area (Å²) in [5.74, 6) is -0.442. The molecular formula is C14H20N6O3. The second-order valence-corrected chi connectivity index (χ2v) is 5.60. The van der Waals surface area contributed by atoms with Crippen LogP contribution in [-0.4, -0.2) is 42.3 Å². The molecule has 0 bridgehead atoms. The van der Waals surface area contributed by atoms with Gasteiger partial charge in [0.2, 0.25) is 5.69 Å². The summed E-state index contributed by atoms with van der Waals surface area (Å²) in [6, 6.07) is 0. The second-order valence-electron chi connectivity index (χ2n) is 5.60. The van der Waals surface area contributed by atoms with E-state index in [1.807, 2.05) is 20.9 Å². The van der Waals surface area contributed by atoms with Crippen LogP contribution in [0.4, 0.5) is 5.69 Å². The molecule has 0 N–H and O–H groups in total. The topological polar surface area (TPSA) is 99.1 Å². The normalized spacial score (nSPS) is 10.9. The smallest absolute Gasteiger partial charge is 0.322 e. The maximum Gasteiger partial charge on any atom is 0.322 e. The molecule has 0 aliphatic heterocycles. The number of rotatable bonds is 4. The van der Waals surface area contributed by atoms with Gasteiger partial charge in [-0.05, 0) is 20.8 Å². The monoisotopic (exact) mass is 320 g/mol. The van der Waals surface area contributed by atoms with Gasteiger partial charge in [0, 0.05) is 38.9 Å². The molecular weight excluding hydrogens is 300 g/mol. The number of carbonyl (C=O) groups is 1. The molecule has 0 saturated heterocycles. The van der Waals surface area contributed by atoms with Crippen LogP contribution >= 0.6 is 0 Å². The molecule has 0 aromatic carbocycles. The Hall–Kier alpha value is -2.71. The first-order chi connectivity index (χ1) is 10.6. The number of nitrogens with zero attached hydrogens (tertiary/aromatic N) is 6. The van der Waals surface area contributed by atoms with Crippen LogP contribution in [0, 0.1) is 30.9 Å². The van der Waals surface area contributed by atoms with Gasteiger partial charge in [0.15, 0.2) is 0 Å². The Balaban J connectivity index is 2.36. The molecule has 0 saturated carbocycles. The summed E-state index contributed by atoms with van der Waals surface area (Å²) in [5.41, 5.74) is 2.68. The third kappa shape index (κ3) is 2.81. The van der Waals surface area contributed by atoms with Crippen molar-refractivity contribution in [2.75, 3.05) is 7.05 Å². The third-order valence-electron chi connectivity index (χ3n) is 3.98. The quantitative estimate of drug-likeness (QED) is 0.624. The third-order valence-corrected chi connectivity index (χ3v) is 3.98. The highest BCUT2D eigenvalue weighted by Crippen LogP contribution is 2.24.